The fourth-order valence-electron chi connectivity index (χ4n) is 2.39. The number of carbonyl (C=O) groups excluding carboxylic acids is 2. The second-order valence-electron chi connectivity index (χ2n) is 4.79. The highest BCUT2D eigenvalue weighted by Gasteiger charge is 2.19. The first-order valence-corrected chi connectivity index (χ1v) is 7.28. The largest absolute Gasteiger partial charge is 0.346 e. The number of hydrogen-bond donors (Lipinski definition) is 2. The van der Waals surface area contributed by atoms with Crippen molar-refractivity contribution in [2.45, 2.75) is 38.6 Å². The van der Waals surface area contributed by atoms with Crippen LogP contribution in [0.3, 0.4) is 0 Å². The Hall–Kier alpha value is -1.69. The number of aryl methyl sites for hydroxylation is 2. The lowest BCUT2D eigenvalue weighted by Crippen LogP contribution is -2.36. The molecule has 0 fully saturated rings. The quantitative estimate of drug-likeness (QED) is 0.869. The third kappa shape index (κ3) is 2.68. The number of fused-ring (bicyclic) bond motifs is 1. The van der Waals surface area contributed by atoms with E-state index in [0.717, 1.165) is 0 Å². The summed E-state index contributed by atoms with van der Waals surface area (Å²) in [5, 5.41) is 6.64. The zero-order valence-corrected chi connectivity index (χ0v) is 11.3. The first-order chi connectivity index (χ1) is 9.22. The first kappa shape index (κ1) is 12.3. The predicted molar refractivity (Wildman–Crippen MR) is 73.0 cm³/mol. The molecule has 2 amide bonds. The van der Waals surface area contributed by atoms with Gasteiger partial charge in [-0.25, -0.2) is 5.43 Å². The zero-order chi connectivity index (χ0) is 13.2. The molecule has 5 nitrogen and oxygen atoms in total. The van der Waals surface area contributed by atoms with Crippen molar-refractivity contribution in [1.29, 1.82) is 0 Å². The molecule has 1 aromatic rings. The van der Waals surface area contributed by atoms with Crippen molar-refractivity contribution in [2.24, 2.45) is 5.10 Å². The highest BCUT2D eigenvalue weighted by Crippen LogP contribution is 2.30. The lowest BCUT2D eigenvalue weighted by atomic mass is 10.1. The van der Waals surface area contributed by atoms with Crippen molar-refractivity contribution in [1.82, 2.24) is 10.7 Å². The molecule has 1 aliphatic carbocycles. The maximum Gasteiger partial charge on any atom is 0.267 e. The van der Waals surface area contributed by atoms with Gasteiger partial charge in [-0.15, -0.1) is 11.3 Å². The van der Waals surface area contributed by atoms with Crippen LogP contribution in [0.1, 0.15) is 34.6 Å². The summed E-state index contributed by atoms with van der Waals surface area (Å²) in [5.74, 6) is -0.320. The molecule has 0 spiro atoms. The minimum absolute atomic E-state index is 0.133. The number of hydrazone groups is 1. The van der Waals surface area contributed by atoms with E-state index >= 15 is 0 Å². The molecule has 0 aromatic carbocycles. The number of rotatable bonds is 3. The molecular weight excluding hydrogens is 262 g/mol. The third-order valence-corrected chi connectivity index (χ3v) is 4.62. The van der Waals surface area contributed by atoms with E-state index < -0.39 is 0 Å². The molecule has 1 aliphatic heterocycles. The molecule has 3 rings (SSSR count). The summed E-state index contributed by atoms with van der Waals surface area (Å²) in [7, 11) is 0. The van der Waals surface area contributed by atoms with Gasteiger partial charge in [-0.05, 0) is 30.9 Å². The van der Waals surface area contributed by atoms with Gasteiger partial charge in [0.05, 0.1) is 6.54 Å². The Bertz CT molecular complexity index is 541. The SMILES string of the molecule is O=C1CCC(C(=O)NCc2cc3c(s2)CCC3)=NN1. The summed E-state index contributed by atoms with van der Waals surface area (Å²) in [4.78, 5) is 25.5. The zero-order valence-electron chi connectivity index (χ0n) is 10.5. The van der Waals surface area contributed by atoms with E-state index in [9.17, 15) is 9.59 Å². The second-order valence-corrected chi connectivity index (χ2v) is 6.01. The van der Waals surface area contributed by atoms with E-state index in [1.54, 1.807) is 11.3 Å². The van der Waals surface area contributed by atoms with E-state index in [1.807, 2.05) is 0 Å². The standard InChI is InChI=1S/C13H15N3O2S/c17-12-5-4-10(15-16-12)13(18)14-7-9-6-8-2-1-3-11(8)19-9/h6H,1-5,7H2,(H,14,18)(H,16,17). The van der Waals surface area contributed by atoms with Crippen molar-refractivity contribution in [2.75, 3.05) is 0 Å². The van der Waals surface area contributed by atoms with Crippen LogP contribution in [-0.4, -0.2) is 17.5 Å². The Kier molecular flexibility index (Phi) is 3.33. The van der Waals surface area contributed by atoms with E-state index in [2.05, 4.69) is 21.9 Å². The summed E-state index contributed by atoms with van der Waals surface area (Å²) >= 11 is 1.79. The molecule has 0 unspecified atom stereocenters. The average Bonchev–Trinajstić information content (AvgIpc) is 2.97. The van der Waals surface area contributed by atoms with Crippen molar-refractivity contribution in [3.63, 3.8) is 0 Å². The van der Waals surface area contributed by atoms with Crippen LogP contribution in [0.4, 0.5) is 0 Å². The molecule has 2 aliphatic rings. The average molecular weight is 277 g/mol. The van der Waals surface area contributed by atoms with Gasteiger partial charge in [0.25, 0.3) is 5.91 Å². The predicted octanol–water partition coefficient (Wildman–Crippen LogP) is 1.12. The number of amides is 2. The molecule has 100 valence electrons. The Morgan fingerprint density at radius 2 is 2.26 bits per heavy atom. The highest BCUT2D eigenvalue weighted by atomic mass is 32.1. The number of hydrogen-bond acceptors (Lipinski definition) is 4. The van der Waals surface area contributed by atoms with Crippen molar-refractivity contribution < 1.29 is 9.59 Å². The monoisotopic (exact) mass is 277 g/mol. The van der Waals surface area contributed by atoms with Gasteiger partial charge in [-0.1, -0.05) is 0 Å². The van der Waals surface area contributed by atoms with Crippen molar-refractivity contribution >= 4 is 28.9 Å². The molecule has 1 aromatic heterocycles. The van der Waals surface area contributed by atoms with E-state index in [4.69, 9.17) is 0 Å². The molecule has 19 heavy (non-hydrogen) atoms. The normalized spacial score (nSPS) is 17.7. The van der Waals surface area contributed by atoms with Crippen LogP contribution < -0.4 is 10.7 Å². The molecular formula is C13H15N3O2S. The van der Waals surface area contributed by atoms with Crippen LogP contribution in [0.15, 0.2) is 11.2 Å². The highest BCUT2D eigenvalue weighted by molar-refractivity contribution is 7.12. The molecule has 0 radical (unpaired) electrons. The smallest absolute Gasteiger partial charge is 0.267 e. The van der Waals surface area contributed by atoms with Gasteiger partial charge >= 0.3 is 0 Å². The van der Waals surface area contributed by atoms with Gasteiger partial charge in [0.2, 0.25) is 5.91 Å². The van der Waals surface area contributed by atoms with Crippen LogP contribution in [0, 0.1) is 0 Å². The Morgan fingerprint density at radius 1 is 1.37 bits per heavy atom. The van der Waals surface area contributed by atoms with E-state index in [1.165, 1.54) is 34.6 Å². The molecule has 2 heterocycles. The molecule has 6 heteroatoms. The van der Waals surface area contributed by atoms with Crippen LogP contribution in [-0.2, 0) is 29.0 Å². The minimum atomic E-state index is -0.187. The molecule has 0 saturated heterocycles. The molecule has 0 atom stereocenters. The van der Waals surface area contributed by atoms with Gasteiger partial charge < -0.3 is 5.32 Å². The molecule has 0 bridgehead atoms. The van der Waals surface area contributed by atoms with E-state index in [0.29, 0.717) is 25.1 Å². The summed E-state index contributed by atoms with van der Waals surface area (Å²) in [6.45, 7) is 0.545. The second kappa shape index (κ2) is 5.13. The van der Waals surface area contributed by atoms with Crippen LogP contribution >= 0.6 is 11.3 Å². The van der Waals surface area contributed by atoms with Crippen LogP contribution in [0.25, 0.3) is 0 Å². The maximum atomic E-state index is 11.9. The van der Waals surface area contributed by atoms with Crippen LogP contribution in [0.5, 0.6) is 0 Å². The fraction of sp³-hybridized carbons (Fsp3) is 0.462. The van der Waals surface area contributed by atoms with Gasteiger partial charge in [-0.3, -0.25) is 9.59 Å². The number of thiophene rings is 1. The summed E-state index contributed by atoms with van der Waals surface area (Å²) in [6, 6.07) is 2.19. The van der Waals surface area contributed by atoms with Gasteiger partial charge in [0.15, 0.2) is 0 Å². The Morgan fingerprint density at radius 3 is 3.00 bits per heavy atom. The lowest BCUT2D eigenvalue weighted by Gasteiger charge is -2.11. The Labute approximate surface area is 115 Å². The topological polar surface area (TPSA) is 70.6 Å². The third-order valence-electron chi connectivity index (χ3n) is 3.39. The number of carbonyl (C=O) groups is 2. The number of nitrogens with one attached hydrogen (secondary N) is 2. The molecule has 2 N–H and O–H groups in total. The maximum absolute atomic E-state index is 11.9. The first-order valence-electron chi connectivity index (χ1n) is 6.46. The van der Waals surface area contributed by atoms with Gasteiger partial charge in [0.1, 0.15) is 5.71 Å². The lowest BCUT2D eigenvalue weighted by molar-refractivity contribution is -0.121. The fourth-order valence-corrected chi connectivity index (χ4v) is 3.59. The van der Waals surface area contributed by atoms with E-state index in [-0.39, 0.29) is 11.8 Å². The summed E-state index contributed by atoms with van der Waals surface area (Å²) in [6.07, 6.45) is 4.34. The van der Waals surface area contributed by atoms with Gasteiger partial charge in [-0.2, -0.15) is 5.10 Å². The van der Waals surface area contributed by atoms with Crippen LogP contribution in [0.2, 0.25) is 0 Å². The van der Waals surface area contributed by atoms with Gasteiger partial charge in [0, 0.05) is 22.6 Å². The number of nitrogens with zero attached hydrogens (tertiary/aromatic N) is 1. The Balaban J connectivity index is 1.57. The minimum Gasteiger partial charge on any atom is -0.346 e. The van der Waals surface area contributed by atoms with Crippen molar-refractivity contribution in [3.05, 3.63) is 21.4 Å². The summed E-state index contributed by atoms with van der Waals surface area (Å²) in [5.41, 5.74) is 4.18. The summed E-state index contributed by atoms with van der Waals surface area (Å²) < 4.78 is 0. The van der Waals surface area contributed by atoms with Crippen molar-refractivity contribution in [3.8, 4) is 0 Å². The molecule has 0 saturated carbocycles.